The number of morpholine rings is 2. The Morgan fingerprint density at radius 1 is 1.09 bits per heavy atom. The van der Waals surface area contributed by atoms with Gasteiger partial charge in [-0.25, -0.2) is 9.98 Å². The maximum atomic E-state index is 6.30. The summed E-state index contributed by atoms with van der Waals surface area (Å²) in [6.07, 6.45) is 3.60. The number of hydrogen-bond acceptors (Lipinski definition) is 8. The topological polar surface area (TPSA) is 76.2 Å². The fourth-order valence-electron chi connectivity index (χ4n) is 4.53. The highest BCUT2D eigenvalue weighted by Crippen LogP contribution is 2.39. The van der Waals surface area contributed by atoms with Crippen molar-refractivity contribution < 1.29 is 9.47 Å². The molecule has 1 aromatic carbocycles. The number of ether oxygens (including phenoxy) is 2. The average molecular weight is 492 g/mol. The third kappa shape index (κ3) is 5.56. The number of thiophene rings is 1. The van der Waals surface area contributed by atoms with Crippen LogP contribution in [-0.4, -0.2) is 68.7 Å². The molecule has 0 amide bonds. The van der Waals surface area contributed by atoms with Crippen molar-refractivity contribution in [2.24, 2.45) is 10.7 Å². The molecule has 0 aliphatic carbocycles. The molecule has 2 fully saturated rings. The van der Waals surface area contributed by atoms with E-state index in [2.05, 4.69) is 41.8 Å². The first-order valence-electron chi connectivity index (χ1n) is 12.2. The van der Waals surface area contributed by atoms with E-state index in [1.165, 1.54) is 26.4 Å². The lowest BCUT2D eigenvalue weighted by molar-refractivity contribution is 0.0346. The van der Waals surface area contributed by atoms with E-state index in [0.29, 0.717) is 11.5 Å². The molecule has 2 aliphatic rings. The Balaban J connectivity index is 1.48. The number of nitrogens with zero attached hydrogens (tertiary/aromatic N) is 4. The Morgan fingerprint density at radius 2 is 1.83 bits per heavy atom. The molecule has 35 heavy (non-hydrogen) atoms. The number of anilines is 1. The molecule has 5 rings (SSSR count). The van der Waals surface area contributed by atoms with Crippen LogP contribution in [-0.2, 0) is 16.0 Å². The van der Waals surface area contributed by atoms with Crippen LogP contribution in [0.3, 0.4) is 0 Å². The summed E-state index contributed by atoms with van der Waals surface area (Å²) in [7, 11) is 0. The number of nitrogens with two attached hydrogens (primary N) is 1. The van der Waals surface area contributed by atoms with Crippen molar-refractivity contribution >= 4 is 45.0 Å². The van der Waals surface area contributed by atoms with Crippen molar-refractivity contribution in [1.29, 1.82) is 0 Å². The normalized spacial score (nSPS) is 18.1. The summed E-state index contributed by atoms with van der Waals surface area (Å²) in [5.74, 6) is 0.700. The van der Waals surface area contributed by atoms with Gasteiger partial charge in [0.05, 0.1) is 42.3 Å². The number of rotatable bonds is 6. The van der Waals surface area contributed by atoms with E-state index in [4.69, 9.17) is 25.2 Å². The van der Waals surface area contributed by atoms with Crippen LogP contribution in [0.2, 0.25) is 0 Å². The van der Waals surface area contributed by atoms with E-state index >= 15 is 0 Å². The zero-order valence-corrected chi connectivity index (χ0v) is 21.3. The number of aryl methyl sites for hydroxylation is 2. The zero-order valence-electron chi connectivity index (χ0n) is 20.5. The second kappa shape index (κ2) is 10.9. The van der Waals surface area contributed by atoms with Gasteiger partial charge in [-0.05, 0) is 37.1 Å². The first kappa shape index (κ1) is 23.9. The standard InChI is InChI=1S/C27H33N5O2S/c1-19-4-3-5-21(16-19)22(28)6-7-29-25-17-23(32-10-14-34-15-11-32)27-26(30-25)20(2)24(35-27)18-31-8-12-33-13-9-31/h3-7,16-17H,8-15,18,28H2,1-2H3/b22-6-,29-7?. The van der Waals surface area contributed by atoms with Crippen LogP contribution in [0.25, 0.3) is 15.9 Å². The third-order valence-electron chi connectivity index (χ3n) is 6.57. The average Bonchev–Trinajstić information content (AvgIpc) is 3.19. The summed E-state index contributed by atoms with van der Waals surface area (Å²) in [5, 5.41) is 0. The van der Waals surface area contributed by atoms with Crippen molar-refractivity contribution in [3.05, 3.63) is 58.0 Å². The van der Waals surface area contributed by atoms with Crippen molar-refractivity contribution in [3.8, 4) is 0 Å². The summed E-state index contributed by atoms with van der Waals surface area (Å²) < 4.78 is 12.4. The quantitative estimate of drug-likeness (QED) is 0.519. The zero-order chi connectivity index (χ0) is 24.2. The molecule has 0 bridgehead atoms. The molecule has 4 heterocycles. The molecular formula is C27H33N5O2S. The highest BCUT2D eigenvalue weighted by atomic mass is 32.1. The van der Waals surface area contributed by atoms with Gasteiger partial charge in [0.1, 0.15) is 0 Å². The highest BCUT2D eigenvalue weighted by Gasteiger charge is 2.21. The van der Waals surface area contributed by atoms with E-state index in [1.807, 2.05) is 29.5 Å². The number of allylic oxidation sites excluding steroid dienone is 1. The molecule has 0 unspecified atom stereocenters. The molecular weight excluding hydrogens is 458 g/mol. The van der Waals surface area contributed by atoms with E-state index in [1.54, 1.807) is 6.21 Å². The first-order chi connectivity index (χ1) is 17.1. The van der Waals surface area contributed by atoms with Crippen molar-refractivity contribution in [2.75, 3.05) is 57.5 Å². The number of benzene rings is 1. The van der Waals surface area contributed by atoms with Crippen molar-refractivity contribution in [1.82, 2.24) is 9.88 Å². The van der Waals surface area contributed by atoms with E-state index < -0.39 is 0 Å². The van der Waals surface area contributed by atoms with Crippen LogP contribution in [0, 0.1) is 13.8 Å². The molecule has 3 aromatic rings. The molecule has 0 spiro atoms. The van der Waals surface area contributed by atoms with E-state index in [9.17, 15) is 0 Å². The predicted octanol–water partition coefficient (Wildman–Crippen LogP) is 4.28. The third-order valence-corrected chi connectivity index (χ3v) is 7.86. The Bertz CT molecular complexity index is 1240. The van der Waals surface area contributed by atoms with Gasteiger partial charge in [0.2, 0.25) is 0 Å². The molecule has 2 aromatic heterocycles. The van der Waals surface area contributed by atoms with Gasteiger partial charge in [-0.1, -0.05) is 23.8 Å². The number of fused-ring (bicyclic) bond motifs is 1. The van der Waals surface area contributed by atoms with Gasteiger partial charge in [0, 0.05) is 55.6 Å². The van der Waals surface area contributed by atoms with Gasteiger partial charge >= 0.3 is 0 Å². The maximum absolute atomic E-state index is 6.30. The smallest absolute Gasteiger partial charge is 0.154 e. The minimum atomic E-state index is 0.687. The number of aromatic nitrogens is 1. The Labute approximate surface area is 210 Å². The molecule has 2 saturated heterocycles. The van der Waals surface area contributed by atoms with Crippen LogP contribution in [0.1, 0.15) is 21.6 Å². The molecule has 0 atom stereocenters. The lowest BCUT2D eigenvalue weighted by Gasteiger charge is -2.29. The largest absolute Gasteiger partial charge is 0.398 e. The van der Waals surface area contributed by atoms with Crippen LogP contribution in [0.15, 0.2) is 41.4 Å². The highest BCUT2D eigenvalue weighted by molar-refractivity contribution is 7.19. The number of aliphatic imine (C=N–C) groups is 1. The van der Waals surface area contributed by atoms with Gasteiger partial charge in [0.25, 0.3) is 0 Å². The Kier molecular flexibility index (Phi) is 7.43. The molecule has 0 saturated carbocycles. The summed E-state index contributed by atoms with van der Waals surface area (Å²) in [6, 6.07) is 10.3. The molecule has 0 radical (unpaired) electrons. The fourth-order valence-corrected chi connectivity index (χ4v) is 5.86. The van der Waals surface area contributed by atoms with E-state index in [-0.39, 0.29) is 0 Å². The van der Waals surface area contributed by atoms with Crippen LogP contribution < -0.4 is 10.6 Å². The minimum absolute atomic E-state index is 0.687. The van der Waals surface area contributed by atoms with Gasteiger partial charge in [0.15, 0.2) is 5.82 Å². The summed E-state index contributed by atoms with van der Waals surface area (Å²) in [6.45, 7) is 12.0. The van der Waals surface area contributed by atoms with Gasteiger partial charge < -0.3 is 20.1 Å². The fraction of sp³-hybridized carbons (Fsp3) is 0.407. The van der Waals surface area contributed by atoms with Crippen molar-refractivity contribution in [3.63, 3.8) is 0 Å². The Hall–Kier alpha value is -2.78. The van der Waals surface area contributed by atoms with Crippen LogP contribution in [0.4, 0.5) is 11.5 Å². The van der Waals surface area contributed by atoms with Gasteiger partial charge in [-0.3, -0.25) is 4.90 Å². The number of pyridine rings is 1. The second-order valence-electron chi connectivity index (χ2n) is 9.09. The monoisotopic (exact) mass is 491 g/mol. The first-order valence-corrected chi connectivity index (χ1v) is 13.0. The lowest BCUT2D eigenvalue weighted by atomic mass is 10.1. The molecule has 2 N–H and O–H groups in total. The summed E-state index contributed by atoms with van der Waals surface area (Å²) in [4.78, 5) is 15.9. The maximum Gasteiger partial charge on any atom is 0.154 e. The van der Waals surface area contributed by atoms with Crippen molar-refractivity contribution in [2.45, 2.75) is 20.4 Å². The lowest BCUT2D eigenvalue weighted by Crippen LogP contribution is -2.36. The van der Waals surface area contributed by atoms with Gasteiger partial charge in [-0.2, -0.15) is 0 Å². The SMILES string of the molecule is Cc1cccc(/C(N)=C/C=Nc2cc(N3CCOCC3)c3sc(CN4CCOCC4)c(C)c3n2)c1. The predicted molar refractivity (Wildman–Crippen MR) is 145 cm³/mol. The molecule has 184 valence electrons. The van der Waals surface area contributed by atoms with Gasteiger partial charge in [-0.15, -0.1) is 11.3 Å². The minimum Gasteiger partial charge on any atom is -0.398 e. The summed E-state index contributed by atoms with van der Waals surface area (Å²) >= 11 is 1.86. The number of hydrogen-bond donors (Lipinski definition) is 1. The summed E-state index contributed by atoms with van der Waals surface area (Å²) in [5.41, 5.74) is 12.6. The molecule has 8 heteroatoms. The molecule has 2 aliphatic heterocycles. The van der Waals surface area contributed by atoms with E-state index in [0.717, 1.165) is 70.2 Å². The van der Waals surface area contributed by atoms with Crippen LogP contribution in [0.5, 0.6) is 0 Å². The van der Waals surface area contributed by atoms with Crippen LogP contribution >= 0.6 is 11.3 Å². The second-order valence-corrected chi connectivity index (χ2v) is 10.2. The Morgan fingerprint density at radius 3 is 2.57 bits per heavy atom. The molecule has 7 nitrogen and oxygen atoms in total.